The van der Waals surface area contributed by atoms with E-state index >= 15 is 0 Å². The summed E-state index contributed by atoms with van der Waals surface area (Å²) in [5.74, 6) is 0.0549. The maximum Gasteiger partial charge on any atom is 0.410 e. The minimum absolute atomic E-state index is 0.0224. The second-order valence-corrected chi connectivity index (χ2v) is 13.6. The van der Waals surface area contributed by atoms with E-state index in [1.807, 2.05) is 37.8 Å². The molecule has 5 aromatic rings. The predicted octanol–water partition coefficient (Wildman–Crippen LogP) is 7.19. The minimum atomic E-state index is -0.693. The van der Waals surface area contributed by atoms with Gasteiger partial charge < -0.3 is 24.0 Å². The molecule has 14 heteroatoms. The number of hydrogen-bond acceptors (Lipinski definition) is 10. The number of pyridine rings is 2. The number of nitrogens with zero attached hydrogens (tertiary/aromatic N) is 7. The molecule has 2 aliphatic rings. The average molecular weight is 699 g/mol. The molecule has 258 valence electrons. The molecule has 12 nitrogen and oxygen atoms in total. The molecule has 5 heterocycles. The summed E-state index contributed by atoms with van der Waals surface area (Å²) in [7, 11) is 0. The number of fused-ring (bicyclic) bond motifs is 3. The Balaban J connectivity index is 1.34. The van der Waals surface area contributed by atoms with Crippen molar-refractivity contribution in [1.82, 2.24) is 30.0 Å². The second kappa shape index (κ2) is 13.3. The molecule has 0 aliphatic carbocycles. The van der Waals surface area contributed by atoms with Crippen LogP contribution < -0.4 is 14.4 Å². The van der Waals surface area contributed by atoms with Gasteiger partial charge in [-0.25, -0.2) is 19.2 Å². The van der Waals surface area contributed by atoms with Gasteiger partial charge in [0.25, 0.3) is 0 Å². The van der Waals surface area contributed by atoms with Crippen LogP contribution in [0.15, 0.2) is 42.7 Å². The van der Waals surface area contributed by atoms with Crippen molar-refractivity contribution in [1.29, 1.82) is 5.26 Å². The number of ether oxygens (including phenoxy) is 3. The number of nitrogens with one attached hydrogen (secondary N) is 1. The zero-order chi connectivity index (χ0) is 35.2. The van der Waals surface area contributed by atoms with Crippen LogP contribution in [0.1, 0.15) is 44.4 Å². The molecule has 0 radical (unpaired) electrons. The molecule has 1 saturated heterocycles. The van der Waals surface area contributed by atoms with Crippen LogP contribution in [0.3, 0.4) is 0 Å². The molecule has 0 atom stereocenters. The first-order valence-electron chi connectivity index (χ1n) is 16.5. The van der Waals surface area contributed by atoms with Crippen LogP contribution >= 0.6 is 11.6 Å². The first-order chi connectivity index (χ1) is 24.0. The number of anilines is 1. The van der Waals surface area contributed by atoms with E-state index in [0.717, 1.165) is 37.2 Å². The van der Waals surface area contributed by atoms with Crippen molar-refractivity contribution >= 4 is 45.2 Å². The number of aromatic amines is 1. The largest absolute Gasteiger partial charge is 0.444 e. The van der Waals surface area contributed by atoms with Gasteiger partial charge in [0.1, 0.15) is 39.3 Å². The number of hydrogen-bond donors (Lipinski definition) is 1. The lowest BCUT2D eigenvalue weighted by Crippen LogP contribution is -2.50. The summed E-state index contributed by atoms with van der Waals surface area (Å²) >= 11 is 6.43. The Morgan fingerprint density at radius 1 is 1.10 bits per heavy atom. The lowest BCUT2D eigenvalue weighted by atomic mass is 9.98. The number of halogens is 2. The van der Waals surface area contributed by atoms with Gasteiger partial charge in [-0.1, -0.05) is 30.7 Å². The van der Waals surface area contributed by atoms with Crippen LogP contribution in [-0.4, -0.2) is 80.9 Å². The summed E-state index contributed by atoms with van der Waals surface area (Å²) < 4.78 is 33.3. The van der Waals surface area contributed by atoms with E-state index in [-0.39, 0.29) is 33.6 Å². The maximum atomic E-state index is 14.9. The third kappa shape index (κ3) is 6.32. The van der Waals surface area contributed by atoms with Crippen molar-refractivity contribution < 1.29 is 23.4 Å². The molecule has 2 aliphatic heterocycles. The number of likely N-dealkylation sites (N-methyl/N-ethyl adjacent to an activating group) is 1. The molecule has 1 N–H and O–H groups in total. The Morgan fingerprint density at radius 2 is 1.90 bits per heavy atom. The van der Waals surface area contributed by atoms with Crippen LogP contribution in [0, 0.1) is 17.1 Å². The highest BCUT2D eigenvalue weighted by Crippen LogP contribution is 2.44. The minimum Gasteiger partial charge on any atom is -0.444 e. The Labute approximate surface area is 293 Å². The quantitative estimate of drug-likeness (QED) is 0.194. The van der Waals surface area contributed by atoms with E-state index in [9.17, 15) is 14.4 Å². The second-order valence-electron chi connectivity index (χ2n) is 13.3. The number of amides is 1. The van der Waals surface area contributed by atoms with Crippen LogP contribution in [0.4, 0.5) is 14.9 Å². The van der Waals surface area contributed by atoms with Crippen LogP contribution in [0.25, 0.3) is 21.8 Å². The number of rotatable bonds is 6. The van der Waals surface area contributed by atoms with Gasteiger partial charge in [0.15, 0.2) is 5.75 Å². The Bertz CT molecular complexity index is 2150. The molecule has 1 amide bonds. The zero-order valence-corrected chi connectivity index (χ0v) is 29.0. The first kappa shape index (κ1) is 33.3. The average Bonchev–Trinajstić information content (AvgIpc) is 3.57. The molecule has 3 aromatic heterocycles. The fraction of sp³-hybridized carbons (Fsp3) is 0.361. The standard InChI is InChI=1S/C36H36ClFN8O4/c1-5-44-12-10-22-21(20-44)7-6-8-28(22)48-33-24(18-39)31(45-13-15-46(16-14-45)35(47)50-36(2,3)4)23-9-11-40-34(30(23)42-33)49-32-25-19-41-43-27(25)17-26(38)29(32)37/h6-9,11,17,19H,5,10,12-16,20H2,1-4H3,(H,41,43). The number of carbonyl (C=O) groups excluding carboxylic acids is 1. The number of piperazine rings is 1. The van der Waals surface area contributed by atoms with Gasteiger partial charge >= 0.3 is 6.09 Å². The van der Waals surface area contributed by atoms with Gasteiger partial charge in [-0.15, -0.1) is 0 Å². The van der Waals surface area contributed by atoms with E-state index in [0.29, 0.717) is 53.9 Å². The Morgan fingerprint density at radius 3 is 2.64 bits per heavy atom. The number of carbonyl (C=O) groups is 1. The molecule has 0 bridgehead atoms. The van der Waals surface area contributed by atoms with Crippen LogP contribution in [0.5, 0.6) is 23.3 Å². The van der Waals surface area contributed by atoms with Crippen molar-refractivity contribution in [2.45, 2.75) is 46.3 Å². The van der Waals surface area contributed by atoms with Crippen molar-refractivity contribution in [2.24, 2.45) is 0 Å². The maximum absolute atomic E-state index is 14.9. The molecule has 50 heavy (non-hydrogen) atoms. The highest BCUT2D eigenvalue weighted by Gasteiger charge is 2.31. The van der Waals surface area contributed by atoms with Gasteiger partial charge in [0, 0.05) is 62.5 Å². The molecule has 7 rings (SSSR count). The van der Waals surface area contributed by atoms with Crippen molar-refractivity contribution in [3.8, 4) is 29.3 Å². The highest BCUT2D eigenvalue weighted by molar-refractivity contribution is 6.33. The third-order valence-corrected chi connectivity index (χ3v) is 9.27. The smallest absolute Gasteiger partial charge is 0.410 e. The van der Waals surface area contributed by atoms with Gasteiger partial charge in [-0.2, -0.15) is 10.4 Å². The Kier molecular flexibility index (Phi) is 8.84. The molecule has 2 aromatic carbocycles. The summed E-state index contributed by atoms with van der Waals surface area (Å²) in [5, 5.41) is 18.2. The van der Waals surface area contributed by atoms with Crippen molar-refractivity contribution in [3.05, 3.63) is 70.3 Å². The number of benzene rings is 2. The summed E-state index contributed by atoms with van der Waals surface area (Å²) in [6.07, 6.45) is 3.41. The number of nitriles is 1. The fourth-order valence-corrected chi connectivity index (χ4v) is 6.64. The molecule has 0 saturated carbocycles. The van der Waals surface area contributed by atoms with Crippen molar-refractivity contribution in [3.63, 3.8) is 0 Å². The molecular weight excluding hydrogens is 663 g/mol. The molecule has 0 unspecified atom stereocenters. The first-order valence-corrected chi connectivity index (χ1v) is 16.9. The van der Waals surface area contributed by atoms with Crippen LogP contribution in [-0.2, 0) is 17.7 Å². The summed E-state index contributed by atoms with van der Waals surface area (Å²) in [6.45, 7) is 11.8. The molecular formula is C36H36ClFN8O4. The SMILES string of the molecule is CCN1CCc2c(cccc2Oc2nc3c(Oc4c(Cl)c(F)cc5[nH]ncc45)nccc3c(N3CCN(C(=O)OC(C)(C)C)CC3)c2C#N)C1. The van der Waals surface area contributed by atoms with Gasteiger partial charge in [-0.3, -0.25) is 10.00 Å². The summed E-state index contributed by atoms with van der Waals surface area (Å²) in [6, 6.07) is 11.3. The van der Waals surface area contributed by atoms with Crippen LogP contribution in [0.2, 0.25) is 5.02 Å². The Hall–Kier alpha value is -5.19. The van der Waals surface area contributed by atoms with E-state index in [1.165, 1.54) is 18.5 Å². The lowest BCUT2D eigenvalue weighted by molar-refractivity contribution is 0.0240. The van der Waals surface area contributed by atoms with Crippen molar-refractivity contribution in [2.75, 3.05) is 44.2 Å². The summed E-state index contributed by atoms with van der Waals surface area (Å²) in [4.78, 5) is 28.3. The summed E-state index contributed by atoms with van der Waals surface area (Å²) in [5.41, 5.74) is 3.05. The van der Waals surface area contributed by atoms with Gasteiger partial charge in [0.05, 0.1) is 22.8 Å². The van der Waals surface area contributed by atoms with Gasteiger partial charge in [-0.05, 0) is 51.4 Å². The number of aromatic nitrogens is 4. The van der Waals surface area contributed by atoms with E-state index in [1.54, 1.807) is 11.0 Å². The molecule has 1 fully saturated rings. The van der Waals surface area contributed by atoms with E-state index in [2.05, 4.69) is 39.1 Å². The normalized spacial score (nSPS) is 15.2. The predicted molar refractivity (Wildman–Crippen MR) is 187 cm³/mol. The lowest BCUT2D eigenvalue weighted by Gasteiger charge is -2.37. The number of H-pyrrole nitrogens is 1. The monoisotopic (exact) mass is 698 g/mol. The zero-order valence-electron chi connectivity index (χ0n) is 28.2. The topological polar surface area (TPSA) is 133 Å². The van der Waals surface area contributed by atoms with E-state index < -0.39 is 17.5 Å². The van der Waals surface area contributed by atoms with E-state index in [4.69, 9.17) is 30.8 Å². The highest BCUT2D eigenvalue weighted by atomic mass is 35.5. The fourth-order valence-electron chi connectivity index (χ4n) is 6.45. The molecule has 0 spiro atoms. The van der Waals surface area contributed by atoms with Gasteiger partial charge in [0.2, 0.25) is 11.8 Å². The third-order valence-electron chi connectivity index (χ3n) is 8.92.